The van der Waals surface area contributed by atoms with E-state index in [-0.39, 0.29) is 11.9 Å². The van der Waals surface area contributed by atoms with E-state index in [9.17, 15) is 4.79 Å². The molecule has 1 fully saturated rings. The minimum atomic E-state index is -0.186. The Kier molecular flexibility index (Phi) is 5.86. The van der Waals surface area contributed by atoms with Crippen LogP contribution in [0.25, 0.3) is 0 Å². The molecule has 1 aliphatic rings. The average molecular weight is 344 g/mol. The molecule has 3 heterocycles. The van der Waals surface area contributed by atoms with Crippen molar-refractivity contribution in [3.63, 3.8) is 0 Å². The van der Waals surface area contributed by atoms with Crippen LogP contribution in [0.15, 0.2) is 30.9 Å². The normalized spacial score (nSPS) is 17.4. The highest BCUT2D eigenvalue weighted by molar-refractivity contribution is 5.80. The summed E-state index contributed by atoms with van der Waals surface area (Å²) in [6, 6.07) is 1.69. The number of carbonyl (C=O) groups excluding carboxylic acids is 1. The van der Waals surface area contributed by atoms with Crippen LogP contribution in [0.4, 0.5) is 0 Å². The zero-order chi connectivity index (χ0) is 17.6. The number of carbonyl (C=O) groups is 1. The number of hydrogen-bond donors (Lipinski definition) is 0. The van der Waals surface area contributed by atoms with Gasteiger partial charge in [0.1, 0.15) is 11.9 Å². The first-order valence-corrected chi connectivity index (χ1v) is 9.15. The maximum absolute atomic E-state index is 12.9. The third kappa shape index (κ3) is 4.28. The Morgan fingerprint density at radius 2 is 2.08 bits per heavy atom. The van der Waals surface area contributed by atoms with Crippen LogP contribution in [-0.2, 0) is 18.3 Å². The monoisotopic (exact) mass is 344 g/mol. The second-order valence-corrected chi connectivity index (χ2v) is 6.63. The van der Waals surface area contributed by atoms with Gasteiger partial charge in [-0.3, -0.25) is 9.48 Å². The number of aromatic nitrogens is 4. The molecule has 0 aromatic carbocycles. The zero-order valence-corrected chi connectivity index (χ0v) is 15.2. The predicted octanol–water partition coefficient (Wildman–Crippen LogP) is 1.34. The van der Waals surface area contributed by atoms with E-state index in [1.807, 2.05) is 43.5 Å². The molecule has 25 heavy (non-hydrogen) atoms. The fraction of sp³-hybridized carbons (Fsp3) is 0.611. The molecule has 7 nitrogen and oxygen atoms in total. The summed E-state index contributed by atoms with van der Waals surface area (Å²) in [5.41, 5.74) is 0. The van der Waals surface area contributed by atoms with E-state index in [1.165, 1.54) is 0 Å². The van der Waals surface area contributed by atoms with Crippen LogP contribution in [0.1, 0.15) is 31.6 Å². The average Bonchev–Trinajstić information content (AvgIpc) is 3.21. The van der Waals surface area contributed by atoms with Gasteiger partial charge < -0.3 is 14.4 Å². The SMILES string of the molecule is CCC(C(=O)N1CCCN(CCc2nccn2C)CC1)n1cccn1. The Balaban J connectivity index is 1.54. The largest absolute Gasteiger partial charge is 0.340 e. The molecule has 1 saturated heterocycles. The molecular weight excluding hydrogens is 316 g/mol. The Labute approximate surface area is 149 Å². The third-order valence-electron chi connectivity index (χ3n) is 4.99. The van der Waals surface area contributed by atoms with E-state index >= 15 is 0 Å². The van der Waals surface area contributed by atoms with E-state index in [1.54, 1.807) is 10.9 Å². The number of nitrogens with zero attached hydrogens (tertiary/aromatic N) is 6. The van der Waals surface area contributed by atoms with E-state index in [0.717, 1.165) is 57.8 Å². The third-order valence-corrected chi connectivity index (χ3v) is 4.99. The molecule has 0 saturated carbocycles. The summed E-state index contributed by atoms with van der Waals surface area (Å²) in [4.78, 5) is 21.8. The van der Waals surface area contributed by atoms with Crippen molar-refractivity contribution in [3.05, 3.63) is 36.7 Å². The lowest BCUT2D eigenvalue weighted by atomic mass is 10.2. The van der Waals surface area contributed by atoms with E-state index in [0.29, 0.717) is 0 Å². The van der Waals surface area contributed by atoms with Gasteiger partial charge in [0.05, 0.1) is 0 Å². The summed E-state index contributed by atoms with van der Waals surface area (Å²) in [6.45, 7) is 6.61. The van der Waals surface area contributed by atoms with Gasteiger partial charge in [-0.25, -0.2) is 4.98 Å². The molecule has 1 atom stereocenters. The minimum absolute atomic E-state index is 0.186. The van der Waals surface area contributed by atoms with Crippen molar-refractivity contribution in [1.29, 1.82) is 0 Å². The van der Waals surface area contributed by atoms with Crippen molar-refractivity contribution in [1.82, 2.24) is 29.1 Å². The van der Waals surface area contributed by atoms with Gasteiger partial charge in [0.2, 0.25) is 5.91 Å². The molecule has 0 N–H and O–H groups in total. The maximum Gasteiger partial charge on any atom is 0.247 e. The standard InChI is InChI=1S/C18H28N6O/c1-3-16(24-11-4-7-20-24)18(25)23-10-5-9-22(14-15-23)12-6-17-19-8-13-21(17)2/h4,7-8,11,13,16H,3,5-6,9-10,12,14-15H2,1-2H3. The first-order chi connectivity index (χ1) is 12.2. The van der Waals surface area contributed by atoms with Gasteiger partial charge in [0.15, 0.2) is 0 Å². The number of amides is 1. The van der Waals surface area contributed by atoms with Gasteiger partial charge in [0, 0.05) is 64.4 Å². The molecule has 136 valence electrons. The molecule has 2 aromatic heterocycles. The van der Waals surface area contributed by atoms with Gasteiger partial charge in [-0.05, 0) is 25.5 Å². The van der Waals surface area contributed by atoms with Crippen LogP contribution in [0, 0.1) is 0 Å². The van der Waals surface area contributed by atoms with E-state index in [2.05, 4.69) is 19.5 Å². The Morgan fingerprint density at radius 1 is 1.20 bits per heavy atom. The molecule has 1 amide bonds. The van der Waals surface area contributed by atoms with E-state index in [4.69, 9.17) is 0 Å². The molecular formula is C18H28N6O. The lowest BCUT2D eigenvalue weighted by Crippen LogP contribution is -2.40. The number of hydrogen-bond acceptors (Lipinski definition) is 4. The predicted molar refractivity (Wildman–Crippen MR) is 96.1 cm³/mol. The van der Waals surface area contributed by atoms with Gasteiger partial charge in [-0.2, -0.15) is 5.10 Å². The molecule has 1 aliphatic heterocycles. The van der Waals surface area contributed by atoms with Crippen molar-refractivity contribution in [2.45, 2.75) is 32.2 Å². The quantitative estimate of drug-likeness (QED) is 0.794. The van der Waals surface area contributed by atoms with Crippen molar-refractivity contribution < 1.29 is 4.79 Å². The second-order valence-electron chi connectivity index (χ2n) is 6.63. The minimum Gasteiger partial charge on any atom is -0.340 e. The summed E-state index contributed by atoms with van der Waals surface area (Å²) in [5.74, 6) is 1.30. The van der Waals surface area contributed by atoms with Crippen molar-refractivity contribution >= 4 is 5.91 Å². The zero-order valence-electron chi connectivity index (χ0n) is 15.2. The Hall–Kier alpha value is -2.15. The van der Waals surface area contributed by atoms with Crippen LogP contribution in [-0.4, -0.2) is 67.8 Å². The summed E-state index contributed by atoms with van der Waals surface area (Å²) in [5, 5.41) is 4.26. The van der Waals surface area contributed by atoms with Gasteiger partial charge in [-0.15, -0.1) is 0 Å². The lowest BCUT2D eigenvalue weighted by molar-refractivity contribution is -0.135. The molecule has 0 bridgehead atoms. The fourth-order valence-corrected chi connectivity index (χ4v) is 3.46. The molecule has 2 aromatic rings. The van der Waals surface area contributed by atoms with Crippen LogP contribution in [0.2, 0.25) is 0 Å². The fourth-order valence-electron chi connectivity index (χ4n) is 3.46. The van der Waals surface area contributed by atoms with Crippen LogP contribution < -0.4 is 0 Å². The first-order valence-electron chi connectivity index (χ1n) is 9.15. The highest BCUT2D eigenvalue weighted by Crippen LogP contribution is 2.16. The van der Waals surface area contributed by atoms with Crippen molar-refractivity contribution in [2.24, 2.45) is 7.05 Å². The van der Waals surface area contributed by atoms with Crippen LogP contribution in [0.5, 0.6) is 0 Å². The summed E-state index contributed by atoms with van der Waals surface area (Å²) < 4.78 is 3.86. The molecule has 7 heteroatoms. The number of aryl methyl sites for hydroxylation is 1. The first kappa shape index (κ1) is 17.7. The maximum atomic E-state index is 12.9. The highest BCUT2D eigenvalue weighted by atomic mass is 16.2. The molecule has 3 rings (SSSR count). The lowest BCUT2D eigenvalue weighted by Gasteiger charge is -2.26. The molecule has 0 aliphatic carbocycles. The Morgan fingerprint density at radius 3 is 2.76 bits per heavy atom. The Bertz CT molecular complexity index is 665. The van der Waals surface area contributed by atoms with Gasteiger partial charge in [-0.1, -0.05) is 6.92 Å². The topological polar surface area (TPSA) is 59.2 Å². The molecule has 0 spiro atoms. The second kappa shape index (κ2) is 8.29. The van der Waals surface area contributed by atoms with Crippen LogP contribution >= 0.6 is 0 Å². The number of rotatable bonds is 6. The van der Waals surface area contributed by atoms with Gasteiger partial charge >= 0.3 is 0 Å². The van der Waals surface area contributed by atoms with E-state index < -0.39 is 0 Å². The summed E-state index contributed by atoms with van der Waals surface area (Å²) in [7, 11) is 2.03. The van der Waals surface area contributed by atoms with Crippen molar-refractivity contribution in [3.8, 4) is 0 Å². The highest BCUT2D eigenvalue weighted by Gasteiger charge is 2.26. The van der Waals surface area contributed by atoms with Crippen molar-refractivity contribution in [2.75, 3.05) is 32.7 Å². The molecule has 1 unspecified atom stereocenters. The number of imidazole rings is 1. The summed E-state index contributed by atoms with van der Waals surface area (Å²) in [6.07, 6.45) is 10.2. The molecule has 0 radical (unpaired) electrons. The smallest absolute Gasteiger partial charge is 0.247 e. The van der Waals surface area contributed by atoms with Crippen LogP contribution in [0.3, 0.4) is 0 Å². The summed E-state index contributed by atoms with van der Waals surface area (Å²) >= 11 is 0. The van der Waals surface area contributed by atoms with Gasteiger partial charge in [0.25, 0.3) is 0 Å².